The van der Waals surface area contributed by atoms with Crippen molar-refractivity contribution in [1.29, 1.82) is 0 Å². The van der Waals surface area contributed by atoms with Crippen LogP contribution in [0.2, 0.25) is 0 Å². The van der Waals surface area contributed by atoms with Gasteiger partial charge in [0.15, 0.2) is 17.6 Å². The normalized spacial score (nSPS) is 15.9. The number of halogens is 1. The van der Waals surface area contributed by atoms with Gasteiger partial charge in [-0.05, 0) is 48.4 Å². The number of hydrogen-bond donors (Lipinski definition) is 1. The Bertz CT molecular complexity index is 1100. The Morgan fingerprint density at radius 2 is 2.06 bits per heavy atom. The molecular formula is C24H22FNO5. The number of rotatable bonds is 6. The van der Waals surface area contributed by atoms with E-state index in [9.17, 15) is 9.18 Å². The summed E-state index contributed by atoms with van der Waals surface area (Å²) in [6.07, 6.45) is 1.57. The molecule has 3 aromatic rings. The second-order valence-corrected chi connectivity index (χ2v) is 7.46. The van der Waals surface area contributed by atoms with Crippen molar-refractivity contribution >= 4 is 5.97 Å². The van der Waals surface area contributed by atoms with Gasteiger partial charge in [-0.1, -0.05) is 19.1 Å². The van der Waals surface area contributed by atoms with Crippen molar-refractivity contribution in [2.24, 2.45) is 5.92 Å². The van der Waals surface area contributed by atoms with E-state index in [1.807, 2.05) is 6.07 Å². The lowest BCUT2D eigenvalue weighted by Crippen LogP contribution is -2.22. The van der Waals surface area contributed by atoms with Gasteiger partial charge in [-0.25, -0.2) is 4.39 Å². The minimum absolute atomic E-state index is 0.289. The molecule has 0 radical (unpaired) electrons. The average Bonchev–Trinajstić information content (AvgIpc) is 2.79. The zero-order valence-corrected chi connectivity index (χ0v) is 17.2. The largest absolute Gasteiger partial charge is 0.497 e. The lowest BCUT2D eigenvalue weighted by Gasteiger charge is -2.26. The Morgan fingerprint density at radius 1 is 1.23 bits per heavy atom. The maximum atomic E-state index is 14.2. The Hall–Kier alpha value is -3.61. The fraction of sp³-hybridized carbons (Fsp3) is 0.250. The predicted octanol–water partition coefficient (Wildman–Crippen LogP) is 4.67. The van der Waals surface area contributed by atoms with Crippen LogP contribution < -0.4 is 14.2 Å². The summed E-state index contributed by atoms with van der Waals surface area (Å²) >= 11 is 0. The molecule has 0 aliphatic carbocycles. The number of benzene rings is 2. The molecule has 0 saturated heterocycles. The molecule has 1 aliphatic heterocycles. The van der Waals surface area contributed by atoms with Gasteiger partial charge in [0, 0.05) is 17.3 Å². The molecule has 6 nitrogen and oxygen atoms in total. The molecule has 0 bridgehead atoms. The van der Waals surface area contributed by atoms with Crippen molar-refractivity contribution in [1.82, 2.24) is 4.98 Å². The van der Waals surface area contributed by atoms with Crippen LogP contribution in [0.3, 0.4) is 0 Å². The summed E-state index contributed by atoms with van der Waals surface area (Å²) in [6, 6.07) is 13.6. The lowest BCUT2D eigenvalue weighted by molar-refractivity contribution is -0.141. The molecular weight excluding hydrogens is 401 g/mol. The summed E-state index contributed by atoms with van der Waals surface area (Å²) in [5, 5.41) is 9.13. The molecule has 31 heavy (non-hydrogen) atoms. The lowest BCUT2D eigenvalue weighted by atomic mass is 10.0. The minimum atomic E-state index is -0.843. The first-order valence-electron chi connectivity index (χ1n) is 9.89. The van der Waals surface area contributed by atoms with E-state index in [0.29, 0.717) is 40.5 Å². The molecule has 0 saturated carbocycles. The molecule has 7 heteroatoms. The van der Waals surface area contributed by atoms with E-state index < -0.39 is 18.0 Å². The first-order valence-corrected chi connectivity index (χ1v) is 9.89. The van der Waals surface area contributed by atoms with E-state index in [-0.39, 0.29) is 12.4 Å². The van der Waals surface area contributed by atoms with Crippen molar-refractivity contribution < 1.29 is 28.5 Å². The van der Waals surface area contributed by atoms with Crippen LogP contribution in [0.5, 0.6) is 17.2 Å². The van der Waals surface area contributed by atoms with Crippen molar-refractivity contribution in [2.45, 2.75) is 19.4 Å². The second kappa shape index (κ2) is 8.63. The van der Waals surface area contributed by atoms with Crippen molar-refractivity contribution in [3.8, 4) is 28.4 Å². The van der Waals surface area contributed by atoms with Crippen LogP contribution in [0.15, 0.2) is 54.7 Å². The van der Waals surface area contributed by atoms with E-state index in [0.717, 1.165) is 5.56 Å². The molecule has 4 rings (SSSR count). The highest BCUT2D eigenvalue weighted by molar-refractivity contribution is 5.70. The van der Waals surface area contributed by atoms with E-state index in [4.69, 9.17) is 19.3 Å². The summed E-state index contributed by atoms with van der Waals surface area (Å²) in [6.45, 7) is 1.95. The van der Waals surface area contributed by atoms with Gasteiger partial charge in [0.2, 0.25) is 0 Å². The fourth-order valence-electron chi connectivity index (χ4n) is 3.44. The third-order valence-electron chi connectivity index (χ3n) is 5.23. The molecule has 0 spiro atoms. The number of carboxylic acid groups (broad SMARTS) is 1. The van der Waals surface area contributed by atoms with Gasteiger partial charge in [-0.15, -0.1) is 0 Å². The van der Waals surface area contributed by atoms with Crippen LogP contribution in [-0.4, -0.2) is 29.8 Å². The van der Waals surface area contributed by atoms with E-state index in [1.54, 1.807) is 49.5 Å². The van der Waals surface area contributed by atoms with Crippen LogP contribution in [0.4, 0.5) is 4.39 Å². The molecule has 2 aromatic carbocycles. The number of carbonyl (C=O) groups is 1. The summed E-state index contributed by atoms with van der Waals surface area (Å²) in [7, 11) is 1.53. The van der Waals surface area contributed by atoms with Gasteiger partial charge in [-0.2, -0.15) is 0 Å². The summed E-state index contributed by atoms with van der Waals surface area (Å²) in [4.78, 5) is 15.6. The summed E-state index contributed by atoms with van der Waals surface area (Å²) in [5.74, 6) is 0.0296. The number of aliphatic carboxylic acids is 1. The first-order chi connectivity index (χ1) is 14.9. The monoisotopic (exact) mass is 423 g/mol. The highest BCUT2D eigenvalue weighted by Crippen LogP contribution is 2.37. The van der Waals surface area contributed by atoms with Crippen LogP contribution in [0, 0.1) is 11.7 Å². The predicted molar refractivity (Wildman–Crippen MR) is 112 cm³/mol. The number of carboxylic acids is 1. The molecule has 2 heterocycles. The van der Waals surface area contributed by atoms with Gasteiger partial charge in [0.05, 0.1) is 18.7 Å². The van der Waals surface area contributed by atoms with Gasteiger partial charge in [-0.3, -0.25) is 9.78 Å². The van der Waals surface area contributed by atoms with Crippen LogP contribution in [0.1, 0.15) is 24.3 Å². The number of aromatic nitrogens is 1. The van der Waals surface area contributed by atoms with E-state index in [1.165, 1.54) is 13.2 Å². The van der Waals surface area contributed by atoms with Crippen molar-refractivity contribution in [3.05, 3.63) is 71.8 Å². The number of hydrogen-bond acceptors (Lipinski definition) is 5. The van der Waals surface area contributed by atoms with Crippen LogP contribution in [-0.2, 0) is 11.2 Å². The van der Waals surface area contributed by atoms with Crippen molar-refractivity contribution in [3.63, 3.8) is 0 Å². The molecule has 2 atom stereocenters. The quantitative estimate of drug-likeness (QED) is 0.621. The van der Waals surface area contributed by atoms with E-state index in [2.05, 4.69) is 4.98 Å². The zero-order valence-electron chi connectivity index (χ0n) is 17.2. The van der Waals surface area contributed by atoms with Crippen LogP contribution >= 0.6 is 0 Å². The fourth-order valence-corrected chi connectivity index (χ4v) is 3.44. The molecule has 1 N–H and O–H groups in total. The Morgan fingerprint density at radius 3 is 2.77 bits per heavy atom. The Kier molecular flexibility index (Phi) is 5.75. The molecule has 160 valence electrons. The SMILES string of the molecule is COc1ccc(F)c(-c2ccc(C3COc4ccc(CC(C)C(=O)O)cc4O3)nc2)c1. The number of pyridine rings is 1. The van der Waals surface area contributed by atoms with Crippen LogP contribution in [0.25, 0.3) is 11.1 Å². The Balaban J connectivity index is 1.52. The zero-order chi connectivity index (χ0) is 22.0. The molecule has 1 aliphatic rings. The highest BCUT2D eigenvalue weighted by Gasteiger charge is 2.25. The molecule has 0 fully saturated rings. The van der Waals surface area contributed by atoms with Gasteiger partial charge < -0.3 is 19.3 Å². The number of methoxy groups -OCH3 is 1. The van der Waals surface area contributed by atoms with Crippen molar-refractivity contribution in [2.75, 3.05) is 13.7 Å². The third kappa shape index (κ3) is 4.45. The number of nitrogens with zero attached hydrogens (tertiary/aromatic N) is 1. The third-order valence-corrected chi connectivity index (χ3v) is 5.23. The maximum absolute atomic E-state index is 14.2. The summed E-state index contributed by atoms with van der Waals surface area (Å²) < 4.78 is 31.3. The van der Waals surface area contributed by atoms with Gasteiger partial charge in [0.25, 0.3) is 0 Å². The molecule has 2 unspecified atom stereocenters. The average molecular weight is 423 g/mol. The molecule has 0 amide bonds. The smallest absolute Gasteiger partial charge is 0.306 e. The number of ether oxygens (including phenoxy) is 3. The second-order valence-electron chi connectivity index (χ2n) is 7.46. The topological polar surface area (TPSA) is 77.9 Å². The van der Waals surface area contributed by atoms with Gasteiger partial charge >= 0.3 is 5.97 Å². The number of fused-ring (bicyclic) bond motifs is 1. The Labute approximate surface area is 179 Å². The molecule has 1 aromatic heterocycles. The first kappa shape index (κ1) is 20.7. The van der Waals surface area contributed by atoms with Gasteiger partial charge in [0.1, 0.15) is 18.2 Å². The minimum Gasteiger partial charge on any atom is -0.497 e. The maximum Gasteiger partial charge on any atom is 0.306 e. The summed E-state index contributed by atoms with van der Waals surface area (Å²) in [5.41, 5.74) is 2.54. The van der Waals surface area contributed by atoms with E-state index >= 15 is 0 Å². The standard InChI is InChI=1S/C24H22FNO5/c1-14(24(27)28)9-15-3-8-21-22(10-15)31-23(13-30-21)20-7-4-16(12-26-20)18-11-17(29-2)5-6-19(18)25/h3-8,10-12,14,23H,9,13H2,1-2H3,(H,27,28). The highest BCUT2D eigenvalue weighted by atomic mass is 19.1.